The van der Waals surface area contributed by atoms with Crippen LogP contribution in [0.3, 0.4) is 0 Å². The number of nitrogens with zero attached hydrogens (tertiary/aromatic N) is 1. The Hall–Kier alpha value is -1.50. The lowest BCUT2D eigenvalue weighted by Gasteiger charge is -2.23. The van der Waals surface area contributed by atoms with Crippen molar-refractivity contribution < 1.29 is 0 Å². The Balaban J connectivity index is 2.79. The second kappa shape index (κ2) is 5.43. The highest BCUT2D eigenvalue weighted by Gasteiger charge is 2.13. The SMILES string of the molecule is C=C(C)C(=C)CN(C)c1ccc(C(C)(C)C)cc1. The van der Waals surface area contributed by atoms with E-state index in [2.05, 4.69) is 70.1 Å². The van der Waals surface area contributed by atoms with Crippen molar-refractivity contribution in [2.45, 2.75) is 33.1 Å². The zero-order chi connectivity index (χ0) is 13.9. The van der Waals surface area contributed by atoms with Gasteiger partial charge in [0.15, 0.2) is 0 Å². The van der Waals surface area contributed by atoms with Crippen molar-refractivity contribution in [1.29, 1.82) is 0 Å². The summed E-state index contributed by atoms with van der Waals surface area (Å²) >= 11 is 0. The molecule has 0 fully saturated rings. The van der Waals surface area contributed by atoms with E-state index >= 15 is 0 Å². The van der Waals surface area contributed by atoms with E-state index in [9.17, 15) is 0 Å². The summed E-state index contributed by atoms with van der Waals surface area (Å²) < 4.78 is 0. The van der Waals surface area contributed by atoms with Gasteiger partial charge >= 0.3 is 0 Å². The first-order valence-electron chi connectivity index (χ1n) is 6.37. The monoisotopic (exact) mass is 243 g/mol. The van der Waals surface area contributed by atoms with E-state index in [1.165, 1.54) is 11.3 Å². The molecule has 18 heavy (non-hydrogen) atoms. The van der Waals surface area contributed by atoms with Crippen molar-refractivity contribution in [1.82, 2.24) is 0 Å². The number of likely N-dealkylation sites (N-methyl/N-ethyl adjacent to an activating group) is 1. The van der Waals surface area contributed by atoms with Crippen LogP contribution < -0.4 is 4.90 Å². The van der Waals surface area contributed by atoms with Crippen molar-refractivity contribution in [3.8, 4) is 0 Å². The number of anilines is 1. The standard InChI is InChI=1S/C17H25N/c1-13(2)14(3)12-18(7)16-10-8-15(9-11-16)17(4,5)6/h8-11H,1,3,12H2,2,4-7H3. The van der Waals surface area contributed by atoms with Crippen LogP contribution in [0.4, 0.5) is 5.69 Å². The third kappa shape index (κ3) is 3.76. The fraction of sp³-hybridized carbons (Fsp3) is 0.412. The van der Waals surface area contributed by atoms with Gasteiger partial charge in [-0.25, -0.2) is 0 Å². The quantitative estimate of drug-likeness (QED) is 0.701. The molecule has 0 saturated carbocycles. The first-order valence-corrected chi connectivity index (χ1v) is 6.37. The van der Waals surface area contributed by atoms with Gasteiger partial charge in [0.1, 0.15) is 0 Å². The van der Waals surface area contributed by atoms with Crippen LogP contribution >= 0.6 is 0 Å². The van der Waals surface area contributed by atoms with Crippen LogP contribution in [0.15, 0.2) is 48.6 Å². The van der Waals surface area contributed by atoms with Crippen LogP contribution in [-0.4, -0.2) is 13.6 Å². The van der Waals surface area contributed by atoms with Gasteiger partial charge in [0, 0.05) is 19.3 Å². The van der Waals surface area contributed by atoms with Crippen LogP contribution in [0.25, 0.3) is 0 Å². The molecule has 98 valence electrons. The summed E-state index contributed by atoms with van der Waals surface area (Å²) in [6.07, 6.45) is 0. The molecule has 1 aromatic rings. The molecule has 1 nitrogen and oxygen atoms in total. The fourth-order valence-corrected chi connectivity index (χ4v) is 1.73. The van der Waals surface area contributed by atoms with Gasteiger partial charge in [-0.2, -0.15) is 0 Å². The van der Waals surface area contributed by atoms with Crippen molar-refractivity contribution in [2.24, 2.45) is 0 Å². The first kappa shape index (κ1) is 14.6. The molecule has 0 heterocycles. The Morgan fingerprint density at radius 2 is 1.61 bits per heavy atom. The molecule has 0 amide bonds. The maximum atomic E-state index is 4.04. The lowest BCUT2D eigenvalue weighted by atomic mass is 9.87. The number of rotatable bonds is 4. The summed E-state index contributed by atoms with van der Waals surface area (Å²) in [6.45, 7) is 17.5. The minimum atomic E-state index is 0.207. The van der Waals surface area contributed by atoms with Crippen LogP contribution in [0.2, 0.25) is 0 Å². The van der Waals surface area contributed by atoms with Gasteiger partial charge in [0.2, 0.25) is 0 Å². The third-order valence-corrected chi connectivity index (χ3v) is 3.21. The highest BCUT2D eigenvalue weighted by molar-refractivity contribution is 5.49. The van der Waals surface area contributed by atoms with Gasteiger partial charge < -0.3 is 4.90 Å². The second-order valence-electron chi connectivity index (χ2n) is 6.04. The predicted molar refractivity (Wildman–Crippen MR) is 82.4 cm³/mol. The zero-order valence-corrected chi connectivity index (χ0v) is 12.4. The molecule has 0 spiro atoms. The zero-order valence-electron chi connectivity index (χ0n) is 12.4. The lowest BCUT2D eigenvalue weighted by Crippen LogP contribution is -2.20. The Morgan fingerprint density at radius 1 is 1.11 bits per heavy atom. The summed E-state index contributed by atoms with van der Waals surface area (Å²) in [5.74, 6) is 0. The van der Waals surface area contributed by atoms with Gasteiger partial charge in [-0.3, -0.25) is 0 Å². The summed E-state index contributed by atoms with van der Waals surface area (Å²) in [7, 11) is 2.08. The van der Waals surface area contributed by atoms with Crippen molar-refractivity contribution in [2.75, 3.05) is 18.5 Å². The summed E-state index contributed by atoms with van der Waals surface area (Å²) in [6, 6.07) is 8.75. The van der Waals surface area contributed by atoms with Crippen LogP contribution in [0.5, 0.6) is 0 Å². The predicted octanol–water partition coefficient (Wildman–Crippen LogP) is 4.55. The van der Waals surface area contributed by atoms with Crippen LogP contribution in [0, 0.1) is 0 Å². The average molecular weight is 243 g/mol. The van der Waals surface area contributed by atoms with E-state index in [0.29, 0.717) is 0 Å². The average Bonchev–Trinajstić information content (AvgIpc) is 2.27. The van der Waals surface area contributed by atoms with E-state index in [1.54, 1.807) is 0 Å². The summed E-state index contributed by atoms with van der Waals surface area (Å²) in [5.41, 5.74) is 4.91. The van der Waals surface area contributed by atoms with Crippen molar-refractivity contribution >= 4 is 5.69 Å². The molecular weight excluding hydrogens is 218 g/mol. The van der Waals surface area contributed by atoms with Crippen LogP contribution in [-0.2, 0) is 5.41 Å². The Kier molecular flexibility index (Phi) is 4.39. The fourth-order valence-electron chi connectivity index (χ4n) is 1.73. The van der Waals surface area contributed by atoms with Gasteiger partial charge in [0.05, 0.1) is 0 Å². The molecule has 0 bridgehead atoms. The van der Waals surface area contributed by atoms with Crippen molar-refractivity contribution in [3.63, 3.8) is 0 Å². The van der Waals surface area contributed by atoms with Crippen molar-refractivity contribution in [3.05, 3.63) is 54.1 Å². The van der Waals surface area contributed by atoms with Gasteiger partial charge in [-0.15, -0.1) is 0 Å². The molecular formula is C17H25N. The van der Waals surface area contributed by atoms with Gasteiger partial charge in [-0.05, 0) is 35.6 Å². The Labute approximate surface area is 112 Å². The molecule has 0 N–H and O–H groups in total. The highest BCUT2D eigenvalue weighted by atomic mass is 15.1. The molecule has 1 aromatic carbocycles. The normalized spacial score (nSPS) is 11.2. The molecule has 0 aliphatic heterocycles. The molecule has 0 saturated heterocycles. The molecule has 0 unspecified atom stereocenters. The van der Waals surface area contributed by atoms with E-state index in [0.717, 1.165) is 17.7 Å². The number of hydrogen-bond donors (Lipinski definition) is 0. The summed E-state index contributed by atoms with van der Waals surface area (Å²) in [5, 5.41) is 0. The second-order valence-corrected chi connectivity index (χ2v) is 6.04. The molecule has 0 aliphatic carbocycles. The Morgan fingerprint density at radius 3 is 2.00 bits per heavy atom. The largest absolute Gasteiger partial charge is 0.370 e. The molecule has 1 rings (SSSR count). The van der Waals surface area contributed by atoms with E-state index in [1.807, 2.05) is 6.92 Å². The van der Waals surface area contributed by atoms with Gasteiger partial charge in [-0.1, -0.05) is 51.6 Å². The topological polar surface area (TPSA) is 3.24 Å². The Bertz CT molecular complexity index is 432. The molecule has 0 aliphatic rings. The van der Waals surface area contributed by atoms with E-state index in [-0.39, 0.29) is 5.41 Å². The third-order valence-electron chi connectivity index (χ3n) is 3.21. The number of benzene rings is 1. The maximum Gasteiger partial charge on any atom is 0.0422 e. The van der Waals surface area contributed by atoms with E-state index in [4.69, 9.17) is 0 Å². The first-order chi connectivity index (χ1) is 8.21. The minimum absolute atomic E-state index is 0.207. The molecule has 1 heteroatoms. The molecule has 0 atom stereocenters. The van der Waals surface area contributed by atoms with Crippen LogP contribution in [0.1, 0.15) is 33.3 Å². The molecule has 0 aromatic heterocycles. The highest BCUT2D eigenvalue weighted by Crippen LogP contribution is 2.25. The van der Waals surface area contributed by atoms with E-state index < -0.39 is 0 Å². The maximum absolute atomic E-state index is 4.04. The summed E-state index contributed by atoms with van der Waals surface area (Å²) in [4.78, 5) is 2.20. The molecule has 0 radical (unpaired) electrons. The minimum Gasteiger partial charge on any atom is -0.370 e. The number of hydrogen-bond acceptors (Lipinski definition) is 1. The van der Waals surface area contributed by atoms with Gasteiger partial charge in [0.25, 0.3) is 0 Å². The lowest BCUT2D eigenvalue weighted by molar-refractivity contribution is 0.590. The smallest absolute Gasteiger partial charge is 0.0422 e.